The zero-order valence-electron chi connectivity index (χ0n) is 16.9. The van der Waals surface area contributed by atoms with Gasteiger partial charge in [-0.1, -0.05) is 49.2 Å². The molecule has 0 spiro atoms. The number of ketones is 1. The molecule has 3 aromatic heterocycles. The Labute approximate surface area is 179 Å². The number of hydrogen-bond donors (Lipinski definition) is 1. The third-order valence-corrected chi connectivity index (χ3v) is 6.79. The van der Waals surface area contributed by atoms with Gasteiger partial charge in [0.25, 0.3) is 0 Å². The Bertz CT molecular complexity index is 1170. The van der Waals surface area contributed by atoms with Gasteiger partial charge in [0.1, 0.15) is 0 Å². The van der Waals surface area contributed by atoms with Crippen molar-refractivity contribution >= 4 is 28.4 Å². The molecular weight excluding hydrogens is 396 g/mol. The van der Waals surface area contributed by atoms with Gasteiger partial charge in [0, 0.05) is 28.2 Å². The van der Waals surface area contributed by atoms with Crippen LogP contribution >= 0.6 is 11.8 Å². The lowest BCUT2D eigenvalue weighted by molar-refractivity contribution is 0.102. The van der Waals surface area contributed by atoms with Crippen LogP contribution in [0.4, 0.5) is 0 Å². The molecule has 154 valence electrons. The summed E-state index contributed by atoms with van der Waals surface area (Å²) >= 11 is 1.47. The fourth-order valence-electron chi connectivity index (χ4n) is 4.46. The first-order valence-electron chi connectivity index (χ1n) is 10.4. The minimum atomic E-state index is 0.104. The zero-order valence-corrected chi connectivity index (χ0v) is 17.7. The summed E-state index contributed by atoms with van der Waals surface area (Å²) in [5.41, 5.74) is 2.67. The van der Waals surface area contributed by atoms with Gasteiger partial charge in [0.05, 0.1) is 12.0 Å². The molecule has 4 aromatic rings. The van der Waals surface area contributed by atoms with Crippen molar-refractivity contribution < 1.29 is 9.21 Å². The van der Waals surface area contributed by atoms with Crippen molar-refractivity contribution in [2.45, 2.75) is 50.2 Å². The number of carbonyl (C=O) groups is 1. The van der Waals surface area contributed by atoms with Crippen LogP contribution in [0.15, 0.2) is 52.2 Å². The number of aromatic nitrogens is 4. The molecule has 0 amide bonds. The number of nitrogens with zero attached hydrogens (tertiary/aromatic N) is 3. The number of rotatable bonds is 6. The highest BCUT2D eigenvalue weighted by Crippen LogP contribution is 2.36. The molecule has 0 bridgehead atoms. The van der Waals surface area contributed by atoms with Crippen LogP contribution in [0.25, 0.3) is 22.5 Å². The molecule has 3 heterocycles. The summed E-state index contributed by atoms with van der Waals surface area (Å²) in [5, 5.41) is 10.6. The van der Waals surface area contributed by atoms with Crippen LogP contribution in [0.1, 0.15) is 54.2 Å². The highest BCUT2D eigenvalue weighted by molar-refractivity contribution is 7.99. The van der Waals surface area contributed by atoms with Crippen molar-refractivity contribution in [1.82, 2.24) is 19.7 Å². The van der Waals surface area contributed by atoms with Crippen LogP contribution in [0.3, 0.4) is 0 Å². The van der Waals surface area contributed by atoms with Gasteiger partial charge in [-0.25, -0.2) is 0 Å². The zero-order chi connectivity index (χ0) is 20.5. The molecule has 1 aliphatic rings. The molecule has 0 atom stereocenters. The number of H-pyrrole nitrogens is 1. The molecule has 0 radical (unpaired) electrons. The standard InChI is InChI=1S/C23H24N4O2S/c1-15-21(17-10-5-6-11-18(17)24-15)19(28)14-30-23-26-25-22(20-12-7-13-29-20)27(23)16-8-3-2-4-9-16/h5-7,10-13,16,24H,2-4,8-9,14H2,1H3. The lowest BCUT2D eigenvalue weighted by Crippen LogP contribution is -2.15. The van der Waals surface area contributed by atoms with Crippen LogP contribution in [-0.2, 0) is 0 Å². The van der Waals surface area contributed by atoms with E-state index in [1.54, 1.807) is 6.26 Å². The molecule has 1 saturated carbocycles. The van der Waals surface area contributed by atoms with Gasteiger partial charge < -0.3 is 9.40 Å². The van der Waals surface area contributed by atoms with Gasteiger partial charge in [-0.05, 0) is 38.0 Å². The van der Waals surface area contributed by atoms with Crippen LogP contribution in [0.5, 0.6) is 0 Å². The van der Waals surface area contributed by atoms with Crippen LogP contribution in [0.2, 0.25) is 0 Å². The summed E-state index contributed by atoms with van der Waals surface area (Å²) < 4.78 is 7.80. The summed E-state index contributed by atoms with van der Waals surface area (Å²) in [6.07, 6.45) is 7.56. The monoisotopic (exact) mass is 420 g/mol. The normalized spacial score (nSPS) is 15.1. The largest absolute Gasteiger partial charge is 0.461 e. The molecule has 1 aliphatic carbocycles. The maximum absolute atomic E-state index is 13.1. The minimum absolute atomic E-state index is 0.104. The first-order valence-corrected chi connectivity index (χ1v) is 11.4. The van der Waals surface area contributed by atoms with E-state index in [-0.39, 0.29) is 5.78 Å². The molecule has 0 unspecified atom stereocenters. The highest BCUT2D eigenvalue weighted by atomic mass is 32.2. The Kier molecular flexibility index (Phi) is 5.21. The molecule has 5 rings (SSSR count). The van der Waals surface area contributed by atoms with E-state index in [9.17, 15) is 4.79 Å². The number of hydrogen-bond acceptors (Lipinski definition) is 5. The Morgan fingerprint density at radius 3 is 2.80 bits per heavy atom. The SMILES string of the molecule is Cc1[nH]c2ccccc2c1C(=O)CSc1nnc(-c2ccco2)n1C1CCCCC1. The topological polar surface area (TPSA) is 76.7 Å². The molecule has 1 aromatic carbocycles. The van der Waals surface area contributed by atoms with Gasteiger partial charge >= 0.3 is 0 Å². The second-order valence-corrected chi connectivity index (χ2v) is 8.77. The van der Waals surface area contributed by atoms with Gasteiger partial charge in [-0.3, -0.25) is 9.36 Å². The Morgan fingerprint density at radius 1 is 1.17 bits per heavy atom. The Morgan fingerprint density at radius 2 is 2.00 bits per heavy atom. The summed E-state index contributed by atoms with van der Waals surface area (Å²) in [6, 6.07) is 12.1. The van der Waals surface area contributed by atoms with Crippen molar-refractivity contribution in [3.63, 3.8) is 0 Å². The van der Waals surface area contributed by atoms with E-state index in [0.717, 1.165) is 51.7 Å². The van der Waals surface area contributed by atoms with Gasteiger partial charge in [0.15, 0.2) is 16.7 Å². The molecule has 7 heteroatoms. The minimum Gasteiger partial charge on any atom is -0.461 e. The van der Waals surface area contributed by atoms with E-state index in [0.29, 0.717) is 11.8 Å². The van der Waals surface area contributed by atoms with E-state index < -0.39 is 0 Å². The lowest BCUT2D eigenvalue weighted by atomic mass is 9.95. The van der Waals surface area contributed by atoms with E-state index >= 15 is 0 Å². The predicted molar refractivity (Wildman–Crippen MR) is 118 cm³/mol. The molecule has 6 nitrogen and oxygen atoms in total. The van der Waals surface area contributed by atoms with Crippen molar-refractivity contribution in [2.24, 2.45) is 0 Å². The molecular formula is C23H24N4O2S. The molecule has 1 N–H and O–H groups in total. The Hall–Kier alpha value is -2.80. The third kappa shape index (κ3) is 3.47. The van der Waals surface area contributed by atoms with Gasteiger partial charge in [0.2, 0.25) is 5.82 Å². The van der Waals surface area contributed by atoms with Gasteiger partial charge in [-0.2, -0.15) is 0 Å². The smallest absolute Gasteiger partial charge is 0.200 e. The first-order chi connectivity index (χ1) is 14.7. The molecule has 30 heavy (non-hydrogen) atoms. The number of thioether (sulfide) groups is 1. The third-order valence-electron chi connectivity index (χ3n) is 5.85. The lowest BCUT2D eigenvalue weighted by Gasteiger charge is -2.25. The van der Waals surface area contributed by atoms with Crippen LogP contribution in [-0.4, -0.2) is 31.3 Å². The van der Waals surface area contributed by atoms with Crippen molar-refractivity contribution in [1.29, 1.82) is 0 Å². The maximum atomic E-state index is 13.1. The fraction of sp³-hybridized carbons (Fsp3) is 0.348. The van der Waals surface area contributed by atoms with Crippen molar-refractivity contribution in [2.75, 3.05) is 5.75 Å². The number of carbonyl (C=O) groups excluding carboxylic acids is 1. The summed E-state index contributed by atoms with van der Waals surface area (Å²) in [4.78, 5) is 16.4. The fourth-order valence-corrected chi connectivity index (χ4v) is 5.33. The summed E-state index contributed by atoms with van der Waals surface area (Å²) in [5.74, 6) is 1.91. The average molecular weight is 421 g/mol. The number of benzene rings is 1. The molecule has 0 saturated heterocycles. The molecule has 1 fully saturated rings. The van der Waals surface area contributed by atoms with Crippen molar-refractivity contribution in [3.05, 3.63) is 53.9 Å². The summed E-state index contributed by atoms with van der Waals surface area (Å²) in [7, 11) is 0. The number of aryl methyl sites for hydroxylation is 1. The summed E-state index contributed by atoms with van der Waals surface area (Å²) in [6.45, 7) is 1.96. The highest BCUT2D eigenvalue weighted by Gasteiger charge is 2.26. The number of para-hydroxylation sites is 1. The van der Waals surface area contributed by atoms with Crippen LogP contribution in [0, 0.1) is 6.92 Å². The van der Waals surface area contributed by atoms with Crippen molar-refractivity contribution in [3.8, 4) is 11.6 Å². The van der Waals surface area contributed by atoms with E-state index in [2.05, 4.69) is 19.7 Å². The van der Waals surface area contributed by atoms with Gasteiger partial charge in [-0.15, -0.1) is 10.2 Å². The second-order valence-electron chi connectivity index (χ2n) is 7.83. The first kappa shape index (κ1) is 19.2. The quantitative estimate of drug-likeness (QED) is 0.315. The van der Waals surface area contributed by atoms with E-state index in [4.69, 9.17) is 4.42 Å². The van der Waals surface area contributed by atoms with Crippen LogP contribution < -0.4 is 0 Å². The predicted octanol–water partition coefficient (Wildman–Crippen LogP) is 5.81. The number of fused-ring (bicyclic) bond motifs is 1. The number of aromatic amines is 1. The second kappa shape index (κ2) is 8.14. The number of furan rings is 1. The number of Topliss-reactive ketones (excluding diaryl/α,β-unsaturated/α-hetero) is 1. The number of nitrogens with one attached hydrogen (secondary N) is 1. The average Bonchev–Trinajstić information content (AvgIpc) is 3.50. The Balaban J connectivity index is 1.43. The maximum Gasteiger partial charge on any atom is 0.200 e. The van der Waals surface area contributed by atoms with E-state index in [1.807, 2.05) is 43.3 Å². The molecule has 0 aliphatic heterocycles. The van der Waals surface area contributed by atoms with E-state index in [1.165, 1.54) is 31.0 Å².